The minimum absolute atomic E-state index is 0.234. The van der Waals surface area contributed by atoms with Gasteiger partial charge in [-0.1, -0.05) is 32.8 Å². The summed E-state index contributed by atoms with van der Waals surface area (Å²) >= 11 is 10.4. The molecule has 2 unspecified atom stereocenters. The average Bonchev–Trinajstić information content (AvgIpc) is 3.56. The molecule has 4 rings (SSSR count). The summed E-state index contributed by atoms with van der Waals surface area (Å²) in [4.78, 5) is 27.4. The van der Waals surface area contributed by atoms with Gasteiger partial charge in [0.15, 0.2) is 0 Å². The first-order chi connectivity index (χ1) is 18.7. The van der Waals surface area contributed by atoms with E-state index in [0.29, 0.717) is 42.3 Å². The molecule has 0 saturated carbocycles. The Labute approximate surface area is 232 Å². The lowest BCUT2D eigenvalue weighted by atomic mass is 10.1. The fourth-order valence-electron chi connectivity index (χ4n) is 4.12. The summed E-state index contributed by atoms with van der Waals surface area (Å²) in [5.74, 6) is -1.98. The number of tetrazole rings is 2. The van der Waals surface area contributed by atoms with Gasteiger partial charge in [-0.2, -0.15) is 10.4 Å². The summed E-state index contributed by atoms with van der Waals surface area (Å²) in [6.07, 6.45) is 0.458. The van der Waals surface area contributed by atoms with Gasteiger partial charge in [0.1, 0.15) is 12.1 Å². The number of benzene rings is 2. The number of hydrogen-bond acceptors (Lipinski definition) is 10. The monoisotopic (exact) mass is 570 g/mol. The average molecular weight is 571 g/mol. The van der Waals surface area contributed by atoms with Crippen molar-refractivity contribution in [3.8, 4) is 11.4 Å². The second-order valence-electron chi connectivity index (χ2n) is 8.64. The topological polar surface area (TPSA) is 174 Å². The van der Waals surface area contributed by atoms with Crippen molar-refractivity contribution in [2.45, 2.75) is 32.4 Å². The van der Waals surface area contributed by atoms with E-state index in [1.165, 1.54) is 9.36 Å². The molecule has 2 aromatic heterocycles. The van der Waals surface area contributed by atoms with Gasteiger partial charge >= 0.3 is 11.9 Å². The molecule has 16 heteroatoms. The zero-order valence-corrected chi connectivity index (χ0v) is 22.6. The van der Waals surface area contributed by atoms with Gasteiger partial charge in [-0.15, -0.1) is 0 Å². The Balaban J connectivity index is 1.59. The lowest BCUT2D eigenvalue weighted by Gasteiger charge is -2.32. The van der Waals surface area contributed by atoms with Gasteiger partial charge < -0.3 is 20.0 Å². The SMILES string of the molecule is CC(C(=O)O)N(CCCN(c1cccc(-n2[nH]nnc2=S)c1)C(C)C(=O)O)c1cccc(-n2[nH]nnc2=S)c1. The van der Waals surface area contributed by atoms with Crippen molar-refractivity contribution in [1.29, 1.82) is 0 Å². The maximum Gasteiger partial charge on any atom is 0.326 e. The van der Waals surface area contributed by atoms with Gasteiger partial charge in [-0.3, -0.25) is 0 Å². The quantitative estimate of drug-likeness (QED) is 0.184. The van der Waals surface area contributed by atoms with E-state index >= 15 is 0 Å². The molecule has 0 radical (unpaired) electrons. The molecular weight excluding hydrogens is 544 g/mol. The molecule has 4 aromatic rings. The highest BCUT2D eigenvalue weighted by Gasteiger charge is 2.24. The van der Waals surface area contributed by atoms with Gasteiger partial charge in [-0.25, -0.2) is 19.0 Å². The van der Waals surface area contributed by atoms with Crippen LogP contribution in [0.1, 0.15) is 20.3 Å². The molecule has 2 heterocycles. The van der Waals surface area contributed by atoms with Crippen LogP contribution in [0.5, 0.6) is 0 Å². The first kappa shape index (κ1) is 27.6. The third kappa shape index (κ3) is 6.18. The molecule has 14 nitrogen and oxygen atoms in total. The van der Waals surface area contributed by atoms with E-state index in [1.807, 2.05) is 0 Å². The number of aromatic amines is 2. The largest absolute Gasteiger partial charge is 0.480 e. The minimum atomic E-state index is -0.992. The van der Waals surface area contributed by atoms with E-state index < -0.39 is 24.0 Å². The van der Waals surface area contributed by atoms with Crippen LogP contribution in [0.4, 0.5) is 11.4 Å². The number of aromatic nitrogens is 8. The summed E-state index contributed by atoms with van der Waals surface area (Å²) in [6.45, 7) is 3.87. The maximum atomic E-state index is 12.0. The van der Waals surface area contributed by atoms with E-state index in [1.54, 1.807) is 72.2 Å². The van der Waals surface area contributed by atoms with Crippen molar-refractivity contribution < 1.29 is 19.8 Å². The number of hydrogen-bond donors (Lipinski definition) is 4. The van der Waals surface area contributed by atoms with Gasteiger partial charge in [0.2, 0.25) is 9.54 Å². The molecule has 0 aliphatic heterocycles. The second-order valence-corrected chi connectivity index (χ2v) is 9.37. The molecule has 0 spiro atoms. The predicted molar refractivity (Wildman–Crippen MR) is 147 cm³/mol. The van der Waals surface area contributed by atoms with Crippen molar-refractivity contribution in [2.75, 3.05) is 22.9 Å². The van der Waals surface area contributed by atoms with E-state index in [2.05, 4.69) is 31.1 Å². The van der Waals surface area contributed by atoms with Crippen LogP contribution in [0.25, 0.3) is 11.4 Å². The number of nitrogens with zero attached hydrogens (tertiary/aromatic N) is 8. The van der Waals surface area contributed by atoms with Crippen molar-refractivity contribution in [3.05, 3.63) is 58.1 Å². The first-order valence-electron chi connectivity index (χ1n) is 11.9. The van der Waals surface area contributed by atoms with E-state index in [9.17, 15) is 19.8 Å². The van der Waals surface area contributed by atoms with E-state index in [0.717, 1.165) is 0 Å². The van der Waals surface area contributed by atoms with Crippen molar-refractivity contribution in [1.82, 2.24) is 40.4 Å². The highest BCUT2D eigenvalue weighted by Crippen LogP contribution is 2.24. The van der Waals surface area contributed by atoms with Gasteiger partial charge in [0.05, 0.1) is 11.4 Å². The Bertz CT molecular complexity index is 1460. The summed E-state index contributed by atoms with van der Waals surface area (Å²) in [5.41, 5.74) is 2.60. The van der Waals surface area contributed by atoms with Crippen molar-refractivity contribution in [3.63, 3.8) is 0 Å². The van der Waals surface area contributed by atoms with Crippen LogP contribution < -0.4 is 9.80 Å². The molecule has 2 atom stereocenters. The zero-order chi connectivity index (χ0) is 28.1. The molecular formula is C23H26N10O4S2. The standard InChI is InChI=1S/C23H26N10O4S2/c1-14(20(34)35)30(16-6-3-8-18(12-16)32-22(38)24-26-28-32)10-5-11-31(15(2)21(36)37)17-7-4-9-19(13-17)33-23(39)25-27-29-33/h3-4,6-9,12-15H,5,10-11H2,1-2H3,(H,34,35)(H,36,37)(H,24,28,38)(H,25,29,39). The molecule has 0 bridgehead atoms. The number of aliphatic carboxylic acids is 2. The molecule has 39 heavy (non-hydrogen) atoms. The fourth-order valence-corrected chi connectivity index (χ4v) is 4.50. The van der Waals surface area contributed by atoms with Crippen LogP contribution in [-0.4, -0.2) is 87.7 Å². The molecule has 0 saturated heterocycles. The molecule has 2 aromatic carbocycles. The fraction of sp³-hybridized carbons (Fsp3) is 0.304. The highest BCUT2D eigenvalue weighted by atomic mass is 32.1. The number of H-pyrrole nitrogens is 2. The first-order valence-corrected chi connectivity index (χ1v) is 12.7. The van der Waals surface area contributed by atoms with Crippen LogP contribution in [0.15, 0.2) is 48.5 Å². The molecule has 204 valence electrons. The Morgan fingerprint density at radius 1 is 0.821 bits per heavy atom. The summed E-state index contributed by atoms with van der Waals surface area (Å²) in [6, 6.07) is 12.7. The van der Waals surface area contributed by atoms with Gasteiger partial charge in [0, 0.05) is 24.5 Å². The van der Waals surface area contributed by atoms with Crippen molar-refractivity contribution >= 4 is 47.7 Å². The summed E-state index contributed by atoms with van der Waals surface area (Å²) in [7, 11) is 0. The lowest BCUT2D eigenvalue weighted by Crippen LogP contribution is -2.43. The summed E-state index contributed by atoms with van der Waals surface area (Å²) in [5, 5.41) is 39.9. The van der Waals surface area contributed by atoms with E-state index in [-0.39, 0.29) is 9.54 Å². The number of anilines is 2. The van der Waals surface area contributed by atoms with Crippen LogP contribution in [0.3, 0.4) is 0 Å². The number of carbonyl (C=O) groups is 2. The minimum Gasteiger partial charge on any atom is -0.480 e. The number of carboxylic acids is 2. The van der Waals surface area contributed by atoms with Crippen LogP contribution >= 0.6 is 24.4 Å². The molecule has 0 aliphatic rings. The smallest absolute Gasteiger partial charge is 0.326 e. The zero-order valence-electron chi connectivity index (χ0n) is 21.0. The van der Waals surface area contributed by atoms with Crippen LogP contribution in [0, 0.1) is 9.54 Å². The molecule has 0 aliphatic carbocycles. The lowest BCUT2D eigenvalue weighted by molar-refractivity contribution is -0.139. The van der Waals surface area contributed by atoms with E-state index in [4.69, 9.17) is 24.4 Å². The van der Waals surface area contributed by atoms with Crippen molar-refractivity contribution in [2.24, 2.45) is 0 Å². The Morgan fingerprint density at radius 3 is 1.56 bits per heavy atom. The third-order valence-electron chi connectivity index (χ3n) is 6.23. The van der Waals surface area contributed by atoms with Crippen LogP contribution in [-0.2, 0) is 9.59 Å². The Hall–Kier alpha value is -4.44. The normalized spacial score (nSPS) is 12.6. The number of nitrogens with one attached hydrogen (secondary N) is 2. The second kappa shape index (κ2) is 12.0. The highest BCUT2D eigenvalue weighted by molar-refractivity contribution is 7.71. The number of carboxylic acid groups (broad SMARTS) is 2. The maximum absolute atomic E-state index is 12.0. The summed E-state index contributed by atoms with van der Waals surface area (Å²) < 4.78 is 3.48. The predicted octanol–water partition coefficient (Wildman–Crippen LogP) is 2.61. The Kier molecular flexibility index (Phi) is 8.46. The molecule has 4 N–H and O–H groups in total. The number of rotatable bonds is 12. The third-order valence-corrected chi connectivity index (χ3v) is 6.76. The molecule has 0 fully saturated rings. The van der Waals surface area contributed by atoms with Gasteiger partial charge in [-0.05, 0) is 81.1 Å². The Morgan fingerprint density at radius 2 is 1.23 bits per heavy atom. The van der Waals surface area contributed by atoms with Gasteiger partial charge in [0.25, 0.3) is 0 Å². The van der Waals surface area contributed by atoms with Crippen LogP contribution in [0.2, 0.25) is 0 Å². The molecule has 0 amide bonds.